The molecule has 8 nitrogen and oxygen atoms in total. The number of hydrogen-bond acceptors (Lipinski definition) is 6. The average Bonchev–Trinajstić information content (AvgIpc) is 3.56. The number of methoxy groups -OCH3 is 1. The van der Waals surface area contributed by atoms with Crippen molar-refractivity contribution >= 4 is 40.4 Å². The molecule has 0 bridgehead atoms. The van der Waals surface area contributed by atoms with Crippen LogP contribution in [0.25, 0.3) is 0 Å². The van der Waals surface area contributed by atoms with Gasteiger partial charge in [0.1, 0.15) is 12.3 Å². The summed E-state index contributed by atoms with van der Waals surface area (Å²) in [6.07, 6.45) is 0. The molecule has 1 aliphatic rings. The molecule has 3 amide bonds. The quantitative estimate of drug-likeness (QED) is 0.307. The van der Waals surface area contributed by atoms with E-state index in [9.17, 15) is 14.4 Å². The minimum Gasteiger partial charge on any atom is -0.497 e. The van der Waals surface area contributed by atoms with Crippen molar-refractivity contribution in [2.45, 2.75) is 6.54 Å². The molecule has 4 aromatic rings. The number of carbonyl (C=O) groups is 3. The average molecular weight is 569 g/mol. The van der Waals surface area contributed by atoms with Crippen LogP contribution in [0.5, 0.6) is 5.75 Å². The van der Waals surface area contributed by atoms with E-state index < -0.39 is 0 Å². The maximum atomic E-state index is 13.1. The minimum absolute atomic E-state index is 0.0178. The maximum Gasteiger partial charge on any atom is 0.264 e. The highest BCUT2D eigenvalue weighted by molar-refractivity contribution is 7.12. The first-order valence-electron chi connectivity index (χ1n) is 13.4. The highest BCUT2D eigenvalue weighted by Crippen LogP contribution is 2.21. The van der Waals surface area contributed by atoms with Crippen LogP contribution in [0.3, 0.4) is 0 Å². The molecule has 1 saturated heterocycles. The predicted molar refractivity (Wildman–Crippen MR) is 162 cm³/mol. The summed E-state index contributed by atoms with van der Waals surface area (Å²) in [6, 6.07) is 28.1. The lowest BCUT2D eigenvalue weighted by Crippen LogP contribution is -2.48. The number of thiophene rings is 1. The summed E-state index contributed by atoms with van der Waals surface area (Å²) in [5.74, 6) is 0.315. The van der Waals surface area contributed by atoms with Crippen LogP contribution in [-0.2, 0) is 11.3 Å². The largest absolute Gasteiger partial charge is 0.497 e. The first-order chi connectivity index (χ1) is 20.0. The fraction of sp³-hybridized carbons (Fsp3) is 0.219. The van der Waals surface area contributed by atoms with Crippen LogP contribution in [0, 0.1) is 0 Å². The Bertz CT molecular complexity index is 1450. The molecule has 0 spiro atoms. The summed E-state index contributed by atoms with van der Waals surface area (Å²) >= 11 is 1.36. The normalized spacial score (nSPS) is 13.0. The number of anilines is 2. The van der Waals surface area contributed by atoms with E-state index in [-0.39, 0.29) is 24.3 Å². The van der Waals surface area contributed by atoms with E-state index in [0.29, 0.717) is 48.9 Å². The molecule has 3 aromatic carbocycles. The zero-order valence-corrected chi connectivity index (χ0v) is 23.7. The monoisotopic (exact) mass is 568 g/mol. The first kappa shape index (κ1) is 27.9. The lowest BCUT2D eigenvalue weighted by atomic mass is 10.1. The van der Waals surface area contributed by atoms with Gasteiger partial charge in [-0.3, -0.25) is 14.4 Å². The molecule has 5 rings (SSSR count). The molecule has 1 aromatic heterocycles. The van der Waals surface area contributed by atoms with Crippen molar-refractivity contribution in [1.82, 2.24) is 9.80 Å². The lowest BCUT2D eigenvalue weighted by molar-refractivity contribution is -0.117. The molecule has 1 fully saturated rings. The number of amides is 3. The molecule has 210 valence electrons. The Morgan fingerprint density at radius 1 is 0.854 bits per heavy atom. The zero-order valence-electron chi connectivity index (χ0n) is 22.9. The van der Waals surface area contributed by atoms with Gasteiger partial charge in [-0.1, -0.05) is 36.4 Å². The highest BCUT2D eigenvalue weighted by Gasteiger charge is 2.23. The third kappa shape index (κ3) is 7.12. The third-order valence-electron chi connectivity index (χ3n) is 6.99. The predicted octanol–water partition coefficient (Wildman–Crippen LogP) is 5.00. The van der Waals surface area contributed by atoms with Crippen LogP contribution < -0.4 is 15.0 Å². The Balaban J connectivity index is 1.15. The Morgan fingerprint density at radius 2 is 1.56 bits per heavy atom. The zero-order chi connectivity index (χ0) is 28.6. The first-order valence-corrected chi connectivity index (χ1v) is 14.3. The number of benzene rings is 3. The van der Waals surface area contributed by atoms with E-state index in [1.165, 1.54) is 11.3 Å². The molecule has 1 N–H and O–H groups in total. The summed E-state index contributed by atoms with van der Waals surface area (Å²) in [5.41, 5.74) is 3.30. The molecule has 9 heteroatoms. The van der Waals surface area contributed by atoms with Crippen molar-refractivity contribution < 1.29 is 19.1 Å². The number of hydrogen-bond donors (Lipinski definition) is 1. The van der Waals surface area contributed by atoms with Gasteiger partial charge in [0.25, 0.3) is 11.8 Å². The molecule has 0 unspecified atom stereocenters. The van der Waals surface area contributed by atoms with Gasteiger partial charge in [0.2, 0.25) is 5.91 Å². The summed E-state index contributed by atoms with van der Waals surface area (Å²) < 4.78 is 5.18. The molecular weight excluding hydrogens is 536 g/mol. The van der Waals surface area contributed by atoms with Crippen molar-refractivity contribution in [3.8, 4) is 5.75 Å². The lowest BCUT2D eigenvalue weighted by Gasteiger charge is -2.36. The van der Waals surface area contributed by atoms with Gasteiger partial charge in [0.15, 0.2) is 0 Å². The van der Waals surface area contributed by atoms with Gasteiger partial charge in [-0.25, -0.2) is 0 Å². The molecule has 41 heavy (non-hydrogen) atoms. The Morgan fingerprint density at radius 3 is 2.20 bits per heavy atom. The fourth-order valence-corrected chi connectivity index (χ4v) is 5.46. The van der Waals surface area contributed by atoms with E-state index in [2.05, 4.69) is 10.2 Å². The van der Waals surface area contributed by atoms with Crippen LogP contribution in [0.15, 0.2) is 96.4 Å². The molecule has 0 aliphatic carbocycles. The summed E-state index contributed by atoms with van der Waals surface area (Å²) in [5, 5.41) is 4.78. The van der Waals surface area contributed by atoms with E-state index in [1.807, 2.05) is 70.9 Å². The molecule has 0 atom stereocenters. The van der Waals surface area contributed by atoms with Gasteiger partial charge in [0.05, 0.1) is 12.0 Å². The second-order valence-corrected chi connectivity index (χ2v) is 10.7. The second kappa shape index (κ2) is 13.1. The van der Waals surface area contributed by atoms with Gasteiger partial charge in [-0.2, -0.15) is 0 Å². The van der Waals surface area contributed by atoms with Gasteiger partial charge < -0.3 is 24.8 Å². The van der Waals surface area contributed by atoms with Crippen LogP contribution >= 0.6 is 11.3 Å². The molecular formula is C32H32N4O4S. The number of piperazine rings is 1. The Hall–Kier alpha value is -4.63. The summed E-state index contributed by atoms with van der Waals surface area (Å²) in [4.78, 5) is 45.2. The van der Waals surface area contributed by atoms with Crippen molar-refractivity contribution in [3.05, 3.63) is 112 Å². The summed E-state index contributed by atoms with van der Waals surface area (Å²) in [6.45, 7) is 2.96. The molecule has 0 radical (unpaired) electrons. The van der Waals surface area contributed by atoms with Crippen molar-refractivity contribution in [2.24, 2.45) is 0 Å². The van der Waals surface area contributed by atoms with Crippen LogP contribution in [-0.4, -0.2) is 67.4 Å². The molecule has 1 aliphatic heterocycles. The van der Waals surface area contributed by atoms with Gasteiger partial charge >= 0.3 is 0 Å². The topological polar surface area (TPSA) is 82.2 Å². The van der Waals surface area contributed by atoms with Gasteiger partial charge in [-0.05, 0) is 65.5 Å². The van der Waals surface area contributed by atoms with Crippen molar-refractivity contribution in [1.29, 1.82) is 0 Å². The third-order valence-corrected chi connectivity index (χ3v) is 7.85. The fourth-order valence-electron chi connectivity index (χ4n) is 4.77. The Kier molecular flexibility index (Phi) is 8.95. The number of nitrogens with zero attached hydrogens (tertiary/aromatic N) is 3. The number of rotatable bonds is 9. The van der Waals surface area contributed by atoms with Crippen molar-refractivity contribution in [2.75, 3.05) is 50.1 Å². The maximum absolute atomic E-state index is 13.1. The van der Waals surface area contributed by atoms with Gasteiger partial charge in [-0.15, -0.1) is 11.3 Å². The second-order valence-electron chi connectivity index (χ2n) is 9.73. The number of nitrogens with one attached hydrogen (secondary N) is 1. The molecule has 0 saturated carbocycles. The summed E-state index contributed by atoms with van der Waals surface area (Å²) in [7, 11) is 1.60. The number of carbonyl (C=O) groups excluding carboxylic acids is 3. The highest BCUT2D eigenvalue weighted by atomic mass is 32.1. The van der Waals surface area contributed by atoms with Crippen LogP contribution in [0.4, 0.5) is 11.4 Å². The van der Waals surface area contributed by atoms with Crippen LogP contribution in [0.1, 0.15) is 25.6 Å². The van der Waals surface area contributed by atoms with E-state index >= 15 is 0 Å². The Labute approximate surface area is 243 Å². The van der Waals surface area contributed by atoms with E-state index in [1.54, 1.807) is 42.3 Å². The van der Waals surface area contributed by atoms with E-state index in [4.69, 9.17) is 4.74 Å². The van der Waals surface area contributed by atoms with Crippen molar-refractivity contribution in [3.63, 3.8) is 0 Å². The minimum atomic E-state index is -0.260. The molecule has 2 heterocycles. The smallest absolute Gasteiger partial charge is 0.264 e. The SMILES string of the molecule is COc1ccc(C(=O)N2CCN(c3ccc(NC(=O)CN(Cc4ccccc4)C(=O)c4cccs4)cc3)CC2)cc1. The number of ether oxygens (including phenoxy) is 1. The van der Waals surface area contributed by atoms with Gasteiger partial charge in [0, 0.05) is 49.7 Å². The van der Waals surface area contributed by atoms with E-state index in [0.717, 1.165) is 17.0 Å². The standard InChI is InChI=1S/C32H32N4O4S/c1-40-28-15-9-25(10-16-28)31(38)35-19-17-34(18-20-35)27-13-11-26(12-14-27)33-30(37)23-36(22-24-6-3-2-4-7-24)32(39)29-8-5-21-41-29/h2-16,21H,17-20,22-23H2,1H3,(H,33,37). The van der Waals surface area contributed by atoms with Crippen LogP contribution in [0.2, 0.25) is 0 Å².